The first-order valence-electron chi connectivity index (χ1n) is 4.67. The number of aromatic nitrogens is 4. The van der Waals surface area contributed by atoms with Crippen molar-refractivity contribution >= 4 is 35.0 Å². The summed E-state index contributed by atoms with van der Waals surface area (Å²) in [5.41, 5.74) is 0.851. The lowest BCUT2D eigenvalue weighted by atomic mass is 10.4. The molecule has 0 unspecified atom stereocenters. The zero-order valence-electron chi connectivity index (χ0n) is 9.24. The van der Waals surface area contributed by atoms with E-state index in [4.69, 9.17) is 12.2 Å². The van der Waals surface area contributed by atoms with Gasteiger partial charge < -0.3 is 0 Å². The number of hydrogen-bond donors (Lipinski definition) is 1. The molecule has 0 aliphatic heterocycles. The van der Waals surface area contributed by atoms with Crippen LogP contribution in [0.15, 0.2) is 11.4 Å². The molecule has 0 bridgehead atoms. The first-order chi connectivity index (χ1) is 7.24. The molecule has 1 N–H and O–H groups in total. The summed E-state index contributed by atoms with van der Waals surface area (Å²) in [5, 5.41) is 4.87. The highest BCUT2D eigenvalue weighted by molar-refractivity contribution is 7.98. The molecule has 6 heteroatoms. The van der Waals surface area contributed by atoms with Crippen molar-refractivity contribution in [2.24, 2.45) is 7.05 Å². The monoisotopic (exact) mass is 242 g/mol. The molecule has 0 atom stereocenters. The second kappa shape index (κ2) is 5.27. The fourth-order valence-corrected chi connectivity index (χ4v) is 2.17. The molecule has 0 fully saturated rings. The Morgan fingerprint density at radius 2 is 2.07 bits per heavy atom. The van der Waals surface area contributed by atoms with Gasteiger partial charge in [-0.15, -0.1) is 11.8 Å². The summed E-state index contributed by atoms with van der Waals surface area (Å²) in [7, 11) is 1.88. The van der Waals surface area contributed by atoms with Gasteiger partial charge in [0.1, 0.15) is 16.0 Å². The summed E-state index contributed by atoms with van der Waals surface area (Å²) in [4.78, 5) is 8.30. The Labute approximate surface area is 98.1 Å². The molecule has 0 amide bonds. The lowest BCUT2D eigenvalue weighted by molar-refractivity contribution is 0.780. The standard InChI is InChI=1S/C7H8N4S2.C2H6/c1-11-5-4(6(12)10-11)7(13-2)9-3-8-5;1-2/h3H,1-2H3,(H,10,12);1-2H3. The zero-order chi connectivity index (χ0) is 11.4. The van der Waals surface area contributed by atoms with Gasteiger partial charge in [-0.2, -0.15) is 0 Å². The molecule has 0 aliphatic rings. The van der Waals surface area contributed by atoms with Crippen LogP contribution in [0.2, 0.25) is 0 Å². The first-order valence-corrected chi connectivity index (χ1v) is 6.31. The number of nitrogens with one attached hydrogen (secondary N) is 1. The van der Waals surface area contributed by atoms with Crippen LogP contribution in [0.1, 0.15) is 13.8 Å². The van der Waals surface area contributed by atoms with Crippen LogP contribution >= 0.6 is 24.0 Å². The van der Waals surface area contributed by atoms with E-state index in [1.807, 2.05) is 27.2 Å². The van der Waals surface area contributed by atoms with Crippen LogP contribution in [0.3, 0.4) is 0 Å². The Morgan fingerprint density at radius 1 is 1.40 bits per heavy atom. The lowest BCUT2D eigenvalue weighted by Crippen LogP contribution is -1.92. The fraction of sp³-hybridized carbons (Fsp3) is 0.444. The molecule has 0 aliphatic carbocycles. The number of thioether (sulfide) groups is 1. The fourth-order valence-electron chi connectivity index (χ4n) is 1.23. The van der Waals surface area contributed by atoms with E-state index < -0.39 is 0 Å². The summed E-state index contributed by atoms with van der Waals surface area (Å²) >= 11 is 6.73. The van der Waals surface area contributed by atoms with E-state index in [-0.39, 0.29) is 0 Å². The third-order valence-electron chi connectivity index (χ3n) is 1.80. The lowest BCUT2D eigenvalue weighted by Gasteiger charge is -1.96. The average molecular weight is 242 g/mol. The van der Waals surface area contributed by atoms with Gasteiger partial charge in [0.25, 0.3) is 0 Å². The maximum Gasteiger partial charge on any atom is 0.161 e. The molecule has 0 saturated carbocycles. The third kappa shape index (κ3) is 2.21. The number of aromatic amines is 1. The molecule has 82 valence electrons. The molecule has 0 saturated heterocycles. The van der Waals surface area contributed by atoms with E-state index in [0.29, 0.717) is 4.64 Å². The zero-order valence-corrected chi connectivity index (χ0v) is 10.9. The van der Waals surface area contributed by atoms with Crippen LogP contribution in [-0.4, -0.2) is 26.0 Å². The Bertz CT molecular complexity index is 500. The largest absolute Gasteiger partial charge is 0.286 e. The van der Waals surface area contributed by atoms with Crippen molar-refractivity contribution in [3.63, 3.8) is 0 Å². The summed E-state index contributed by atoms with van der Waals surface area (Å²) in [6.45, 7) is 4.00. The minimum atomic E-state index is 0.697. The summed E-state index contributed by atoms with van der Waals surface area (Å²) in [6, 6.07) is 0. The van der Waals surface area contributed by atoms with E-state index in [9.17, 15) is 0 Å². The van der Waals surface area contributed by atoms with Gasteiger partial charge in [0.05, 0.1) is 5.39 Å². The highest BCUT2D eigenvalue weighted by Crippen LogP contribution is 2.22. The van der Waals surface area contributed by atoms with Gasteiger partial charge in [0.15, 0.2) is 5.65 Å². The maximum atomic E-state index is 5.16. The summed E-state index contributed by atoms with van der Waals surface area (Å²) < 4.78 is 2.50. The maximum absolute atomic E-state index is 5.16. The van der Waals surface area contributed by atoms with Crippen LogP contribution in [0.5, 0.6) is 0 Å². The van der Waals surface area contributed by atoms with E-state index in [1.54, 1.807) is 22.8 Å². The number of H-pyrrole nitrogens is 1. The molecule has 0 spiro atoms. The molecular weight excluding hydrogens is 228 g/mol. The molecule has 4 nitrogen and oxygen atoms in total. The van der Waals surface area contributed by atoms with Crippen molar-refractivity contribution in [2.75, 3.05) is 6.26 Å². The van der Waals surface area contributed by atoms with Crippen molar-refractivity contribution in [1.29, 1.82) is 0 Å². The molecule has 0 radical (unpaired) electrons. The van der Waals surface area contributed by atoms with Crippen molar-refractivity contribution in [2.45, 2.75) is 18.9 Å². The quantitative estimate of drug-likeness (QED) is 0.474. The molecular formula is C9H14N4S2. The second-order valence-corrected chi connectivity index (χ2v) is 3.78. The number of fused-ring (bicyclic) bond motifs is 1. The minimum Gasteiger partial charge on any atom is -0.286 e. The van der Waals surface area contributed by atoms with Gasteiger partial charge in [0.2, 0.25) is 0 Å². The molecule has 2 heterocycles. The van der Waals surface area contributed by atoms with Crippen LogP contribution in [0.4, 0.5) is 0 Å². The van der Waals surface area contributed by atoms with Crippen LogP contribution in [0, 0.1) is 4.64 Å². The smallest absolute Gasteiger partial charge is 0.161 e. The van der Waals surface area contributed by atoms with Crippen molar-refractivity contribution < 1.29 is 0 Å². The van der Waals surface area contributed by atoms with E-state index in [0.717, 1.165) is 16.1 Å². The predicted molar refractivity (Wildman–Crippen MR) is 66.8 cm³/mol. The van der Waals surface area contributed by atoms with Gasteiger partial charge in [-0.25, -0.2) is 9.97 Å². The van der Waals surface area contributed by atoms with Crippen LogP contribution in [0.25, 0.3) is 11.0 Å². The summed E-state index contributed by atoms with van der Waals surface area (Å²) in [5.74, 6) is 0. The second-order valence-electron chi connectivity index (χ2n) is 2.58. The summed E-state index contributed by atoms with van der Waals surface area (Å²) in [6.07, 6.45) is 3.53. The van der Waals surface area contributed by atoms with Gasteiger partial charge >= 0.3 is 0 Å². The van der Waals surface area contributed by atoms with Crippen LogP contribution in [-0.2, 0) is 7.05 Å². The number of aryl methyl sites for hydroxylation is 1. The SMILES string of the molecule is CC.CSc1ncnc2c1c(=S)[nH]n2C. The molecule has 0 aromatic carbocycles. The van der Waals surface area contributed by atoms with Crippen molar-refractivity contribution in [3.05, 3.63) is 11.0 Å². The normalized spacial score (nSPS) is 9.87. The highest BCUT2D eigenvalue weighted by Gasteiger charge is 2.07. The molecule has 2 rings (SSSR count). The van der Waals surface area contributed by atoms with E-state index in [1.165, 1.54) is 0 Å². The van der Waals surface area contributed by atoms with Gasteiger partial charge in [-0.3, -0.25) is 9.78 Å². The number of nitrogens with zero attached hydrogens (tertiary/aromatic N) is 3. The Morgan fingerprint density at radius 3 is 2.67 bits per heavy atom. The number of hydrogen-bond acceptors (Lipinski definition) is 4. The van der Waals surface area contributed by atoms with Gasteiger partial charge in [-0.05, 0) is 6.26 Å². The van der Waals surface area contributed by atoms with Crippen molar-refractivity contribution in [1.82, 2.24) is 19.7 Å². The average Bonchev–Trinajstić information content (AvgIpc) is 2.58. The molecule has 15 heavy (non-hydrogen) atoms. The first kappa shape index (κ1) is 12.2. The van der Waals surface area contributed by atoms with Crippen molar-refractivity contribution in [3.8, 4) is 0 Å². The molecule has 2 aromatic rings. The Balaban J connectivity index is 0.000000531. The van der Waals surface area contributed by atoms with Gasteiger partial charge in [0, 0.05) is 7.05 Å². The van der Waals surface area contributed by atoms with E-state index >= 15 is 0 Å². The van der Waals surface area contributed by atoms with Crippen LogP contribution < -0.4 is 0 Å². The predicted octanol–water partition coefficient (Wildman–Crippen LogP) is 2.77. The number of rotatable bonds is 1. The Kier molecular flexibility index (Phi) is 4.28. The van der Waals surface area contributed by atoms with E-state index in [2.05, 4.69) is 15.1 Å². The highest BCUT2D eigenvalue weighted by atomic mass is 32.2. The minimum absolute atomic E-state index is 0.697. The topological polar surface area (TPSA) is 46.5 Å². The van der Waals surface area contributed by atoms with Gasteiger partial charge in [-0.1, -0.05) is 26.1 Å². The Hall–Kier alpha value is -0.880. The third-order valence-corrected chi connectivity index (χ3v) is 2.79. The molecule has 2 aromatic heterocycles.